The Morgan fingerprint density at radius 3 is 1.62 bits per heavy atom. The average Bonchev–Trinajstić information content (AvgIpc) is 2.66. The highest BCUT2D eigenvalue weighted by Crippen LogP contribution is 2.42. The van der Waals surface area contributed by atoms with Crippen LogP contribution in [0.3, 0.4) is 0 Å². The number of ether oxygens (including phenoxy) is 1. The molecule has 2 aromatic rings. The Morgan fingerprint density at radius 2 is 1.25 bits per heavy atom. The maximum absolute atomic E-state index is 12.9. The Morgan fingerprint density at radius 1 is 0.812 bits per heavy atom. The lowest BCUT2D eigenvalue weighted by Gasteiger charge is -2.33. The quantitative estimate of drug-likeness (QED) is 0.370. The summed E-state index contributed by atoms with van der Waals surface area (Å²) in [6.07, 6.45) is 1.97. The van der Waals surface area contributed by atoms with E-state index in [1.54, 1.807) is 12.1 Å². The van der Waals surface area contributed by atoms with E-state index in [0.717, 1.165) is 35.1 Å². The molecule has 2 N–H and O–H groups in total. The van der Waals surface area contributed by atoms with E-state index in [-0.39, 0.29) is 34.7 Å². The van der Waals surface area contributed by atoms with Crippen LogP contribution in [0.1, 0.15) is 96.9 Å². The van der Waals surface area contributed by atoms with E-state index < -0.39 is 5.41 Å². The summed E-state index contributed by atoms with van der Waals surface area (Å²) in [7, 11) is 0. The number of aromatic hydroxyl groups is 2. The van der Waals surface area contributed by atoms with E-state index in [0.29, 0.717) is 6.61 Å². The van der Waals surface area contributed by atoms with Crippen molar-refractivity contribution in [1.82, 2.24) is 0 Å². The molecule has 0 saturated carbocycles. The highest BCUT2D eigenvalue weighted by atomic mass is 16.5. The van der Waals surface area contributed by atoms with E-state index in [9.17, 15) is 15.0 Å². The van der Waals surface area contributed by atoms with Crippen LogP contribution in [0.15, 0.2) is 36.4 Å². The maximum atomic E-state index is 12.9. The third-order valence-corrected chi connectivity index (χ3v) is 6.14. The lowest BCUT2D eigenvalue weighted by Crippen LogP contribution is -2.30. The van der Waals surface area contributed by atoms with Crippen molar-refractivity contribution in [1.29, 1.82) is 0 Å². The molecule has 0 amide bonds. The van der Waals surface area contributed by atoms with E-state index in [4.69, 9.17) is 4.74 Å². The fraction of sp³-hybridized carbons (Fsp3) is 0.536. The van der Waals surface area contributed by atoms with Crippen LogP contribution >= 0.6 is 0 Å². The van der Waals surface area contributed by atoms with Crippen LogP contribution in [0.5, 0.6) is 11.5 Å². The minimum atomic E-state index is -0.690. The summed E-state index contributed by atoms with van der Waals surface area (Å²) < 4.78 is 5.53. The van der Waals surface area contributed by atoms with Gasteiger partial charge in [0.25, 0.3) is 0 Å². The number of hydrogen-bond donors (Lipinski definition) is 2. The van der Waals surface area contributed by atoms with E-state index in [2.05, 4.69) is 48.5 Å². The molecule has 0 aliphatic carbocycles. The van der Waals surface area contributed by atoms with Gasteiger partial charge in [0.2, 0.25) is 0 Å². The van der Waals surface area contributed by atoms with Gasteiger partial charge < -0.3 is 14.9 Å². The zero-order chi connectivity index (χ0) is 24.3. The molecule has 0 atom stereocenters. The molecule has 0 heterocycles. The average molecular weight is 441 g/mol. The zero-order valence-corrected chi connectivity index (χ0v) is 21.0. The first-order chi connectivity index (χ1) is 14.7. The van der Waals surface area contributed by atoms with E-state index in [1.807, 2.05) is 31.2 Å². The van der Waals surface area contributed by atoms with E-state index >= 15 is 0 Å². The summed E-state index contributed by atoms with van der Waals surface area (Å²) in [5.74, 6) is 0.238. The minimum Gasteiger partial charge on any atom is -0.508 e. The third kappa shape index (κ3) is 5.85. The van der Waals surface area contributed by atoms with Gasteiger partial charge in [0.05, 0.1) is 13.0 Å². The number of hydrogen-bond acceptors (Lipinski definition) is 4. The Hall–Kier alpha value is -2.49. The Balaban J connectivity index is 2.66. The molecule has 0 aliphatic heterocycles. The number of phenolic OH excluding ortho intramolecular Hbond substituents is 2. The fourth-order valence-electron chi connectivity index (χ4n) is 4.00. The molecular weight excluding hydrogens is 400 g/mol. The highest BCUT2D eigenvalue weighted by Gasteiger charge is 2.35. The van der Waals surface area contributed by atoms with Gasteiger partial charge in [0.1, 0.15) is 11.5 Å². The summed E-state index contributed by atoms with van der Waals surface area (Å²) in [4.78, 5) is 12.9. The molecule has 0 unspecified atom stereocenters. The Bertz CT molecular complexity index is 881. The second-order valence-electron chi connectivity index (χ2n) is 11.0. The third-order valence-electron chi connectivity index (χ3n) is 6.14. The van der Waals surface area contributed by atoms with Gasteiger partial charge in [-0.2, -0.15) is 0 Å². The number of carbonyl (C=O) groups is 1. The van der Waals surface area contributed by atoms with Crippen LogP contribution in [-0.2, 0) is 25.8 Å². The van der Waals surface area contributed by atoms with Crippen molar-refractivity contribution in [3.05, 3.63) is 58.7 Å². The van der Waals surface area contributed by atoms with Gasteiger partial charge in [0.15, 0.2) is 0 Å². The topological polar surface area (TPSA) is 66.8 Å². The van der Waals surface area contributed by atoms with Gasteiger partial charge in [-0.1, -0.05) is 86.1 Å². The van der Waals surface area contributed by atoms with Crippen molar-refractivity contribution < 1.29 is 19.7 Å². The number of esters is 1. The predicted molar refractivity (Wildman–Crippen MR) is 131 cm³/mol. The molecule has 2 rings (SSSR count). The molecular formula is C28H40O4. The zero-order valence-electron chi connectivity index (χ0n) is 21.0. The van der Waals surface area contributed by atoms with Crippen molar-refractivity contribution in [3.63, 3.8) is 0 Å². The first-order valence-electron chi connectivity index (χ1n) is 11.5. The number of phenols is 2. The summed E-state index contributed by atoms with van der Waals surface area (Å²) in [5, 5.41) is 21.0. The lowest BCUT2D eigenvalue weighted by molar-refractivity contribution is -0.144. The molecule has 4 nitrogen and oxygen atoms in total. The molecule has 176 valence electrons. The summed E-state index contributed by atoms with van der Waals surface area (Å²) >= 11 is 0. The molecule has 0 bridgehead atoms. The van der Waals surface area contributed by atoms with Crippen LogP contribution in [0.2, 0.25) is 0 Å². The van der Waals surface area contributed by atoms with Crippen molar-refractivity contribution in [3.8, 4) is 11.5 Å². The molecule has 0 aliphatic rings. The van der Waals surface area contributed by atoms with Gasteiger partial charge >= 0.3 is 5.97 Å². The molecule has 4 heteroatoms. The summed E-state index contributed by atoms with van der Waals surface area (Å²) in [6.45, 7) is 16.8. The van der Waals surface area contributed by atoms with Gasteiger partial charge in [0, 0.05) is 5.41 Å². The molecule has 0 spiro atoms. The number of carbonyl (C=O) groups excluding carboxylic acids is 1. The molecule has 0 radical (unpaired) electrons. The van der Waals surface area contributed by atoms with Crippen LogP contribution in [0.4, 0.5) is 0 Å². The monoisotopic (exact) mass is 440 g/mol. The van der Waals surface area contributed by atoms with Gasteiger partial charge in [-0.25, -0.2) is 0 Å². The second kappa shape index (κ2) is 9.56. The fourth-order valence-corrected chi connectivity index (χ4v) is 4.00. The van der Waals surface area contributed by atoms with E-state index in [1.165, 1.54) is 0 Å². The Kier molecular flexibility index (Phi) is 7.70. The largest absolute Gasteiger partial charge is 0.508 e. The van der Waals surface area contributed by atoms with Gasteiger partial charge in [-0.15, -0.1) is 0 Å². The first-order valence-corrected chi connectivity index (χ1v) is 11.5. The lowest BCUT2D eigenvalue weighted by atomic mass is 9.70. The molecule has 32 heavy (non-hydrogen) atoms. The first kappa shape index (κ1) is 25.8. The van der Waals surface area contributed by atoms with Crippen LogP contribution < -0.4 is 0 Å². The number of unbranched alkanes of at least 4 members (excludes halogenated alkanes) is 1. The molecule has 0 fully saturated rings. The van der Waals surface area contributed by atoms with Crippen molar-refractivity contribution in [2.45, 2.75) is 90.9 Å². The minimum absolute atomic E-state index is 0.166. The Labute approximate surface area is 193 Å². The standard InChI is InChI=1S/C28H40O4/c1-9-10-15-32-25(31)18-28(8,19-11-13-23(29)21(16-19)26(2,3)4)20-12-14-24(30)22(17-20)27(5,6)7/h11-14,16-17,29-30H,9-10,15,18H2,1-8H3. The number of benzene rings is 2. The van der Waals surface area contributed by atoms with Crippen molar-refractivity contribution in [2.24, 2.45) is 0 Å². The summed E-state index contributed by atoms with van der Waals surface area (Å²) in [5.41, 5.74) is 2.31. The van der Waals surface area contributed by atoms with Crippen LogP contribution in [0.25, 0.3) is 0 Å². The highest BCUT2D eigenvalue weighted by molar-refractivity contribution is 5.73. The second-order valence-corrected chi connectivity index (χ2v) is 11.0. The predicted octanol–water partition coefficient (Wildman–Crippen LogP) is 6.73. The normalized spacial score (nSPS) is 12.6. The van der Waals surface area contributed by atoms with Gasteiger partial charge in [-0.05, 0) is 51.6 Å². The SMILES string of the molecule is CCCCOC(=O)CC(C)(c1ccc(O)c(C(C)(C)C)c1)c1ccc(O)c(C(C)(C)C)c1. The molecule has 0 aromatic heterocycles. The summed E-state index contributed by atoms with van der Waals surface area (Å²) in [6, 6.07) is 11.2. The van der Waals surface area contributed by atoms with Gasteiger partial charge in [-0.3, -0.25) is 4.79 Å². The van der Waals surface area contributed by atoms with Crippen LogP contribution in [0, 0.1) is 0 Å². The van der Waals surface area contributed by atoms with Crippen LogP contribution in [-0.4, -0.2) is 22.8 Å². The number of rotatable bonds is 7. The molecule has 0 saturated heterocycles. The maximum Gasteiger partial charge on any atom is 0.307 e. The van der Waals surface area contributed by atoms with Crippen molar-refractivity contribution >= 4 is 5.97 Å². The van der Waals surface area contributed by atoms with Crippen molar-refractivity contribution in [2.75, 3.05) is 6.61 Å². The molecule has 2 aromatic carbocycles. The smallest absolute Gasteiger partial charge is 0.307 e.